The van der Waals surface area contributed by atoms with Crippen LogP contribution in [0, 0.1) is 11.3 Å². The van der Waals surface area contributed by atoms with Crippen LogP contribution in [0.25, 0.3) is 5.65 Å². The van der Waals surface area contributed by atoms with Crippen LogP contribution in [0.15, 0.2) is 24.5 Å². The second-order valence-electron chi connectivity index (χ2n) is 4.66. The van der Waals surface area contributed by atoms with Crippen molar-refractivity contribution in [3.63, 3.8) is 0 Å². The van der Waals surface area contributed by atoms with Crippen molar-refractivity contribution in [2.45, 2.75) is 12.6 Å². The first-order chi connectivity index (χ1) is 9.26. The van der Waals surface area contributed by atoms with E-state index < -0.39 is 0 Å². The van der Waals surface area contributed by atoms with Gasteiger partial charge in [0, 0.05) is 38.6 Å². The summed E-state index contributed by atoms with van der Waals surface area (Å²) in [6.07, 6.45) is 3.81. The molecule has 0 amide bonds. The van der Waals surface area contributed by atoms with Gasteiger partial charge in [-0.3, -0.25) is 4.90 Å². The average Bonchev–Trinajstić information content (AvgIpc) is 2.80. The summed E-state index contributed by atoms with van der Waals surface area (Å²) < 4.78 is 1.92. The van der Waals surface area contributed by atoms with E-state index in [1.807, 2.05) is 28.9 Å². The molecule has 0 aromatic carbocycles. The minimum atomic E-state index is -0.0813. The Bertz CT molecular complexity index is 629. The van der Waals surface area contributed by atoms with Crippen LogP contribution >= 0.6 is 11.6 Å². The summed E-state index contributed by atoms with van der Waals surface area (Å²) in [5.74, 6) is 0. The first-order valence-electron chi connectivity index (χ1n) is 6.24. The lowest BCUT2D eigenvalue weighted by Gasteiger charge is -2.31. The van der Waals surface area contributed by atoms with Crippen molar-refractivity contribution in [1.29, 1.82) is 5.26 Å². The maximum atomic E-state index is 9.14. The summed E-state index contributed by atoms with van der Waals surface area (Å²) in [6.45, 7) is 3.19. The van der Waals surface area contributed by atoms with Gasteiger partial charge < -0.3 is 9.72 Å². The third-order valence-corrected chi connectivity index (χ3v) is 3.56. The molecule has 3 heterocycles. The number of hydrogen-bond acceptors (Lipinski definition) is 4. The van der Waals surface area contributed by atoms with E-state index in [1.165, 1.54) is 0 Å². The van der Waals surface area contributed by atoms with E-state index in [0.717, 1.165) is 31.0 Å². The summed E-state index contributed by atoms with van der Waals surface area (Å²) in [5.41, 5.74) is 1.84. The van der Waals surface area contributed by atoms with Gasteiger partial charge in [-0.2, -0.15) is 5.26 Å². The number of pyridine rings is 1. The van der Waals surface area contributed by atoms with Crippen molar-refractivity contribution in [2.24, 2.45) is 0 Å². The third-order valence-electron chi connectivity index (χ3n) is 3.33. The fourth-order valence-electron chi connectivity index (χ4n) is 2.36. The molecule has 5 nitrogen and oxygen atoms in total. The molecule has 3 rings (SSSR count). The minimum Gasteiger partial charge on any atom is -0.313 e. The van der Waals surface area contributed by atoms with Crippen LogP contribution in [-0.4, -0.2) is 40.0 Å². The maximum Gasteiger partial charge on any atom is 0.137 e. The van der Waals surface area contributed by atoms with E-state index >= 15 is 0 Å². The van der Waals surface area contributed by atoms with E-state index in [9.17, 15) is 0 Å². The third kappa shape index (κ3) is 2.56. The maximum absolute atomic E-state index is 9.14. The van der Waals surface area contributed by atoms with E-state index in [0.29, 0.717) is 11.6 Å². The number of piperazine rings is 1. The van der Waals surface area contributed by atoms with Crippen molar-refractivity contribution in [2.75, 3.05) is 19.6 Å². The summed E-state index contributed by atoms with van der Waals surface area (Å²) in [4.78, 5) is 6.70. The van der Waals surface area contributed by atoms with E-state index in [-0.39, 0.29) is 6.04 Å². The van der Waals surface area contributed by atoms with Gasteiger partial charge >= 0.3 is 0 Å². The van der Waals surface area contributed by atoms with Crippen LogP contribution in [0.1, 0.15) is 5.69 Å². The second-order valence-corrected chi connectivity index (χ2v) is 5.10. The largest absolute Gasteiger partial charge is 0.313 e. The Morgan fingerprint density at radius 3 is 3.21 bits per heavy atom. The van der Waals surface area contributed by atoms with Crippen molar-refractivity contribution < 1.29 is 0 Å². The minimum absolute atomic E-state index is 0.0813. The zero-order valence-corrected chi connectivity index (χ0v) is 11.1. The Kier molecular flexibility index (Phi) is 3.38. The summed E-state index contributed by atoms with van der Waals surface area (Å²) in [7, 11) is 0. The molecule has 1 fully saturated rings. The number of nitrogens with one attached hydrogen (secondary N) is 1. The predicted octanol–water partition coefficient (Wildman–Crippen LogP) is 1.29. The highest BCUT2D eigenvalue weighted by atomic mass is 35.5. The molecule has 1 N–H and O–H groups in total. The van der Waals surface area contributed by atoms with Crippen molar-refractivity contribution in [1.82, 2.24) is 19.6 Å². The van der Waals surface area contributed by atoms with Crippen LogP contribution in [0.5, 0.6) is 0 Å². The van der Waals surface area contributed by atoms with Gasteiger partial charge in [0.25, 0.3) is 0 Å². The van der Waals surface area contributed by atoms with Gasteiger partial charge in [0.1, 0.15) is 11.7 Å². The Balaban J connectivity index is 1.82. The number of fused-ring (bicyclic) bond motifs is 1. The molecule has 1 aliphatic rings. The lowest BCUT2D eigenvalue weighted by molar-refractivity contribution is 0.187. The van der Waals surface area contributed by atoms with Crippen molar-refractivity contribution >= 4 is 17.2 Å². The fourth-order valence-corrected chi connectivity index (χ4v) is 2.53. The topological polar surface area (TPSA) is 56.4 Å². The Hall–Kier alpha value is -1.61. The molecule has 1 aliphatic heterocycles. The normalized spacial score (nSPS) is 20.5. The smallest absolute Gasteiger partial charge is 0.137 e. The SMILES string of the molecule is N#CC1CNCCN1Cc1cn2cc(Cl)ccc2n1. The van der Waals surface area contributed by atoms with E-state index in [1.54, 1.807) is 0 Å². The summed E-state index contributed by atoms with van der Waals surface area (Å²) >= 11 is 5.96. The van der Waals surface area contributed by atoms with Crippen LogP contribution in [0.2, 0.25) is 5.02 Å². The molecule has 2 aromatic rings. The molecular weight excluding hydrogens is 262 g/mol. The monoisotopic (exact) mass is 275 g/mol. The Morgan fingerprint density at radius 2 is 2.37 bits per heavy atom. The molecule has 1 atom stereocenters. The van der Waals surface area contributed by atoms with Gasteiger partial charge in [-0.15, -0.1) is 0 Å². The highest BCUT2D eigenvalue weighted by molar-refractivity contribution is 6.30. The first kappa shape index (κ1) is 12.4. The highest BCUT2D eigenvalue weighted by Gasteiger charge is 2.22. The molecule has 1 unspecified atom stereocenters. The molecule has 0 radical (unpaired) electrons. The number of halogens is 1. The zero-order chi connectivity index (χ0) is 13.2. The standard InChI is InChI=1S/C13H14ClN5/c14-10-1-2-13-17-11(9-19(13)7-10)8-18-4-3-16-6-12(18)5-15/h1-2,7,9,12,16H,3-4,6,8H2. The van der Waals surface area contributed by atoms with Gasteiger partial charge in [0.05, 0.1) is 16.8 Å². The fraction of sp³-hybridized carbons (Fsp3) is 0.385. The number of imidazole rings is 1. The van der Waals surface area contributed by atoms with Gasteiger partial charge in [-0.1, -0.05) is 11.6 Å². The average molecular weight is 276 g/mol. The zero-order valence-electron chi connectivity index (χ0n) is 10.4. The number of aromatic nitrogens is 2. The van der Waals surface area contributed by atoms with Gasteiger partial charge in [0.2, 0.25) is 0 Å². The quantitative estimate of drug-likeness (QED) is 0.897. The number of nitriles is 1. The van der Waals surface area contributed by atoms with Crippen LogP contribution in [-0.2, 0) is 6.54 Å². The summed E-state index contributed by atoms with van der Waals surface area (Å²) in [6, 6.07) is 5.97. The number of hydrogen-bond donors (Lipinski definition) is 1. The summed E-state index contributed by atoms with van der Waals surface area (Å²) in [5, 5.41) is 13.1. The van der Waals surface area contributed by atoms with Gasteiger partial charge in [-0.05, 0) is 12.1 Å². The highest BCUT2D eigenvalue weighted by Crippen LogP contribution is 2.14. The molecule has 0 bridgehead atoms. The molecule has 2 aromatic heterocycles. The second kappa shape index (κ2) is 5.17. The lowest BCUT2D eigenvalue weighted by Crippen LogP contribution is -2.50. The van der Waals surface area contributed by atoms with Crippen LogP contribution in [0.4, 0.5) is 0 Å². The van der Waals surface area contributed by atoms with E-state index in [4.69, 9.17) is 16.9 Å². The molecule has 6 heteroatoms. The molecule has 0 aliphatic carbocycles. The molecule has 1 saturated heterocycles. The van der Waals surface area contributed by atoms with E-state index in [2.05, 4.69) is 21.3 Å². The van der Waals surface area contributed by atoms with Crippen LogP contribution in [0.3, 0.4) is 0 Å². The number of rotatable bonds is 2. The first-order valence-corrected chi connectivity index (χ1v) is 6.61. The molecule has 19 heavy (non-hydrogen) atoms. The Labute approximate surface area is 116 Å². The van der Waals surface area contributed by atoms with Crippen molar-refractivity contribution in [3.8, 4) is 6.07 Å². The molecule has 0 saturated carbocycles. The van der Waals surface area contributed by atoms with Crippen LogP contribution < -0.4 is 5.32 Å². The van der Waals surface area contributed by atoms with Gasteiger partial charge in [0.15, 0.2) is 0 Å². The van der Waals surface area contributed by atoms with Crippen molar-refractivity contribution in [3.05, 3.63) is 35.2 Å². The lowest BCUT2D eigenvalue weighted by atomic mass is 10.2. The molecular formula is C13H14ClN5. The Morgan fingerprint density at radius 1 is 1.47 bits per heavy atom. The molecule has 98 valence electrons. The molecule has 0 spiro atoms. The van der Waals surface area contributed by atoms with Gasteiger partial charge in [-0.25, -0.2) is 4.98 Å². The number of nitrogens with zero attached hydrogens (tertiary/aromatic N) is 4. The predicted molar refractivity (Wildman–Crippen MR) is 72.9 cm³/mol.